The molecule has 1 aromatic rings. The molecule has 0 saturated carbocycles. The van der Waals surface area contributed by atoms with Crippen molar-refractivity contribution in [2.24, 2.45) is 0 Å². The summed E-state index contributed by atoms with van der Waals surface area (Å²) in [6, 6.07) is 1.89. The van der Waals surface area contributed by atoms with Crippen LogP contribution in [0.4, 0.5) is 0 Å². The number of aromatic nitrogens is 1. The van der Waals surface area contributed by atoms with Gasteiger partial charge in [-0.1, -0.05) is 18.5 Å². The van der Waals surface area contributed by atoms with Gasteiger partial charge < -0.3 is 4.74 Å². The van der Waals surface area contributed by atoms with Crippen LogP contribution in [-0.2, 0) is 0 Å². The minimum absolute atomic E-state index is 0.448. The highest BCUT2D eigenvalue weighted by Gasteiger charge is 2.04. The molecule has 0 aromatic carbocycles. The van der Waals surface area contributed by atoms with Gasteiger partial charge in [-0.25, -0.2) is 4.98 Å². The summed E-state index contributed by atoms with van der Waals surface area (Å²) < 4.78 is 5.42. The summed E-state index contributed by atoms with van der Waals surface area (Å²) in [5.41, 5.74) is 1.03. The van der Waals surface area contributed by atoms with Gasteiger partial charge in [0.2, 0.25) is 0 Å². The molecular weight excluding hydrogens is 174 g/mol. The number of hydrogen-bond donors (Lipinski definition) is 0. The van der Waals surface area contributed by atoms with Crippen molar-refractivity contribution in [3.8, 4) is 5.75 Å². The van der Waals surface area contributed by atoms with Gasteiger partial charge in [0, 0.05) is 6.20 Å². The third-order valence-electron chi connectivity index (χ3n) is 1.51. The van der Waals surface area contributed by atoms with E-state index in [4.69, 9.17) is 16.3 Å². The van der Waals surface area contributed by atoms with Crippen LogP contribution in [0.3, 0.4) is 0 Å². The first kappa shape index (κ1) is 9.33. The van der Waals surface area contributed by atoms with E-state index < -0.39 is 0 Å². The van der Waals surface area contributed by atoms with Crippen LogP contribution in [0.25, 0.3) is 0 Å². The van der Waals surface area contributed by atoms with Crippen LogP contribution in [-0.4, -0.2) is 11.6 Å². The van der Waals surface area contributed by atoms with Gasteiger partial charge in [0.1, 0.15) is 0 Å². The molecule has 1 rings (SSSR count). The summed E-state index contributed by atoms with van der Waals surface area (Å²) in [5.74, 6) is 0.709. The summed E-state index contributed by atoms with van der Waals surface area (Å²) in [6.07, 6.45) is 2.65. The first-order valence-electron chi connectivity index (χ1n) is 3.99. The highest BCUT2D eigenvalue weighted by molar-refractivity contribution is 6.30. The van der Waals surface area contributed by atoms with Crippen molar-refractivity contribution >= 4 is 11.6 Å². The zero-order valence-corrected chi connectivity index (χ0v) is 8.06. The van der Waals surface area contributed by atoms with Gasteiger partial charge in [-0.15, -0.1) is 0 Å². The SMILES string of the molecule is CCCOc1c(C)ccnc1Cl. The van der Waals surface area contributed by atoms with Crippen LogP contribution in [0.2, 0.25) is 5.15 Å². The average Bonchev–Trinajstić information content (AvgIpc) is 2.04. The molecule has 66 valence electrons. The number of halogens is 1. The normalized spacial score (nSPS) is 9.92. The second-order valence-electron chi connectivity index (χ2n) is 2.60. The van der Waals surface area contributed by atoms with Gasteiger partial charge in [-0.2, -0.15) is 0 Å². The second-order valence-corrected chi connectivity index (χ2v) is 2.95. The van der Waals surface area contributed by atoms with E-state index in [1.54, 1.807) is 6.20 Å². The van der Waals surface area contributed by atoms with Crippen molar-refractivity contribution in [3.63, 3.8) is 0 Å². The van der Waals surface area contributed by atoms with Crippen LogP contribution in [0, 0.1) is 6.92 Å². The molecule has 0 radical (unpaired) electrons. The highest BCUT2D eigenvalue weighted by Crippen LogP contribution is 2.25. The lowest BCUT2D eigenvalue weighted by molar-refractivity contribution is 0.314. The molecule has 0 unspecified atom stereocenters. The molecule has 0 aliphatic rings. The molecule has 0 bridgehead atoms. The quantitative estimate of drug-likeness (QED) is 0.676. The van der Waals surface area contributed by atoms with Gasteiger partial charge in [0.25, 0.3) is 0 Å². The minimum Gasteiger partial charge on any atom is -0.490 e. The van der Waals surface area contributed by atoms with Gasteiger partial charge in [0.05, 0.1) is 6.61 Å². The summed E-state index contributed by atoms with van der Waals surface area (Å²) in [5, 5.41) is 0.448. The molecule has 3 heteroatoms. The largest absolute Gasteiger partial charge is 0.490 e. The van der Waals surface area contributed by atoms with Crippen LogP contribution < -0.4 is 4.74 Å². The van der Waals surface area contributed by atoms with Crippen LogP contribution in [0.15, 0.2) is 12.3 Å². The lowest BCUT2D eigenvalue weighted by Gasteiger charge is -2.07. The Balaban J connectivity index is 2.81. The van der Waals surface area contributed by atoms with Crippen LogP contribution >= 0.6 is 11.6 Å². The van der Waals surface area contributed by atoms with Gasteiger partial charge in [0.15, 0.2) is 10.9 Å². The van der Waals surface area contributed by atoms with Gasteiger partial charge in [-0.05, 0) is 25.0 Å². The zero-order valence-electron chi connectivity index (χ0n) is 7.30. The highest BCUT2D eigenvalue weighted by atomic mass is 35.5. The molecule has 0 spiro atoms. The summed E-state index contributed by atoms with van der Waals surface area (Å²) >= 11 is 5.83. The number of hydrogen-bond acceptors (Lipinski definition) is 2. The molecule has 0 saturated heterocycles. The first-order chi connectivity index (χ1) is 5.75. The molecule has 0 fully saturated rings. The van der Waals surface area contributed by atoms with E-state index in [1.165, 1.54) is 0 Å². The monoisotopic (exact) mass is 185 g/mol. The van der Waals surface area contributed by atoms with E-state index in [0.29, 0.717) is 17.5 Å². The van der Waals surface area contributed by atoms with E-state index in [0.717, 1.165) is 12.0 Å². The van der Waals surface area contributed by atoms with Crippen LogP contribution in [0.1, 0.15) is 18.9 Å². The maximum Gasteiger partial charge on any atom is 0.171 e. The maximum atomic E-state index is 5.83. The predicted molar refractivity (Wildman–Crippen MR) is 49.8 cm³/mol. The summed E-state index contributed by atoms with van der Waals surface area (Å²) in [7, 11) is 0. The standard InChI is InChI=1S/C9H12ClNO/c1-3-6-12-8-7(2)4-5-11-9(8)10/h4-5H,3,6H2,1-2H3. The number of ether oxygens (including phenoxy) is 1. The van der Waals surface area contributed by atoms with E-state index in [1.807, 2.05) is 13.0 Å². The van der Waals surface area contributed by atoms with E-state index >= 15 is 0 Å². The lowest BCUT2D eigenvalue weighted by Crippen LogP contribution is -1.98. The lowest BCUT2D eigenvalue weighted by atomic mass is 10.3. The topological polar surface area (TPSA) is 22.1 Å². The van der Waals surface area contributed by atoms with E-state index in [-0.39, 0.29) is 0 Å². The molecule has 0 aliphatic heterocycles. The Bertz CT molecular complexity index is 242. The third kappa shape index (κ3) is 2.11. The third-order valence-corrected chi connectivity index (χ3v) is 1.78. The number of rotatable bonds is 3. The molecule has 1 heterocycles. The number of aryl methyl sites for hydroxylation is 1. The van der Waals surface area contributed by atoms with Gasteiger partial charge in [-0.3, -0.25) is 0 Å². The molecule has 0 amide bonds. The molecule has 12 heavy (non-hydrogen) atoms. The molecule has 0 N–H and O–H groups in total. The molecule has 1 aromatic heterocycles. The first-order valence-corrected chi connectivity index (χ1v) is 4.37. The van der Waals surface area contributed by atoms with Crippen molar-refractivity contribution in [1.82, 2.24) is 4.98 Å². The summed E-state index contributed by atoms with van der Waals surface area (Å²) in [6.45, 7) is 4.70. The Morgan fingerprint density at radius 1 is 1.58 bits per heavy atom. The predicted octanol–water partition coefficient (Wildman–Crippen LogP) is 2.83. The Labute approximate surface area is 77.5 Å². The van der Waals surface area contributed by atoms with Crippen molar-refractivity contribution in [3.05, 3.63) is 23.0 Å². The van der Waals surface area contributed by atoms with Crippen LogP contribution in [0.5, 0.6) is 5.75 Å². The Morgan fingerprint density at radius 3 is 2.92 bits per heavy atom. The summed E-state index contributed by atoms with van der Waals surface area (Å²) in [4.78, 5) is 3.93. The van der Waals surface area contributed by atoms with Crippen molar-refractivity contribution in [2.45, 2.75) is 20.3 Å². The Hall–Kier alpha value is -0.760. The Morgan fingerprint density at radius 2 is 2.33 bits per heavy atom. The average molecular weight is 186 g/mol. The van der Waals surface area contributed by atoms with Crippen molar-refractivity contribution < 1.29 is 4.74 Å². The second kappa shape index (κ2) is 4.31. The minimum atomic E-state index is 0.448. The molecular formula is C9H12ClNO. The van der Waals surface area contributed by atoms with Crippen molar-refractivity contribution in [1.29, 1.82) is 0 Å². The van der Waals surface area contributed by atoms with E-state index in [2.05, 4.69) is 11.9 Å². The van der Waals surface area contributed by atoms with Gasteiger partial charge >= 0.3 is 0 Å². The fourth-order valence-electron chi connectivity index (χ4n) is 0.889. The smallest absolute Gasteiger partial charge is 0.171 e. The molecule has 0 aliphatic carbocycles. The fraction of sp³-hybridized carbons (Fsp3) is 0.444. The number of pyridine rings is 1. The fourth-order valence-corrected chi connectivity index (χ4v) is 1.15. The molecule has 2 nitrogen and oxygen atoms in total. The number of nitrogens with zero attached hydrogens (tertiary/aromatic N) is 1. The Kier molecular flexibility index (Phi) is 3.35. The zero-order chi connectivity index (χ0) is 8.97. The van der Waals surface area contributed by atoms with E-state index in [9.17, 15) is 0 Å². The van der Waals surface area contributed by atoms with Crippen molar-refractivity contribution in [2.75, 3.05) is 6.61 Å². The molecule has 0 atom stereocenters. The maximum absolute atomic E-state index is 5.83.